The van der Waals surface area contributed by atoms with Gasteiger partial charge in [0.05, 0.1) is 6.42 Å². The number of piperidine rings is 1. The lowest BCUT2D eigenvalue weighted by atomic mass is 10.1. The number of hydrogen-bond donors (Lipinski definition) is 0. The lowest BCUT2D eigenvalue weighted by Crippen LogP contribution is -2.36. The maximum absolute atomic E-state index is 11.9. The molecule has 1 amide bonds. The van der Waals surface area contributed by atoms with Gasteiger partial charge in [-0.05, 0) is 24.8 Å². The van der Waals surface area contributed by atoms with Gasteiger partial charge in [0.2, 0.25) is 5.91 Å². The Bertz CT molecular complexity index is 315. The van der Waals surface area contributed by atoms with Crippen LogP contribution < -0.4 is 0 Å². The molecule has 0 saturated carbocycles. The number of hydrogen-bond acceptors (Lipinski definition) is 1. The third kappa shape index (κ3) is 2.82. The van der Waals surface area contributed by atoms with Gasteiger partial charge in [0.15, 0.2) is 0 Å². The summed E-state index contributed by atoms with van der Waals surface area (Å²) in [5.41, 5.74) is 1.11. The van der Waals surface area contributed by atoms with E-state index in [2.05, 4.69) is 6.42 Å². The summed E-state index contributed by atoms with van der Waals surface area (Å²) in [5, 5.41) is 0. The van der Waals surface area contributed by atoms with E-state index in [1.165, 1.54) is 0 Å². The highest BCUT2D eigenvalue weighted by Gasteiger charge is 2.16. The minimum atomic E-state index is 0.259. The summed E-state index contributed by atoms with van der Waals surface area (Å²) >= 11 is 0. The molecule has 15 heavy (non-hydrogen) atoms. The highest BCUT2D eigenvalue weighted by Crippen LogP contribution is 2.10. The quantitative estimate of drug-likeness (QED) is 0.718. The second-order valence-corrected chi connectivity index (χ2v) is 3.91. The Morgan fingerprint density at radius 1 is 1.13 bits per heavy atom. The molecule has 1 heterocycles. The number of carbonyl (C=O) groups is 1. The molecule has 0 spiro atoms. The molecule has 0 aliphatic carbocycles. The molecular weight excluding hydrogens is 186 g/mol. The van der Waals surface area contributed by atoms with Gasteiger partial charge >= 0.3 is 0 Å². The van der Waals surface area contributed by atoms with Gasteiger partial charge in [-0.25, -0.2) is 0 Å². The van der Waals surface area contributed by atoms with Crippen molar-refractivity contribution in [1.29, 1.82) is 0 Å². The van der Waals surface area contributed by atoms with Crippen molar-refractivity contribution in [2.75, 3.05) is 13.1 Å². The first-order valence-electron chi connectivity index (χ1n) is 5.49. The molecule has 1 fully saturated rings. The average Bonchev–Trinajstić information content (AvgIpc) is 2.31. The van der Waals surface area contributed by atoms with Gasteiger partial charge in [-0.3, -0.25) is 4.79 Å². The van der Waals surface area contributed by atoms with Crippen LogP contribution in [0.25, 0.3) is 0 Å². The van der Waals surface area contributed by atoms with Gasteiger partial charge in [-0.2, -0.15) is 0 Å². The van der Waals surface area contributed by atoms with Crippen LogP contribution in [0.4, 0.5) is 0 Å². The Morgan fingerprint density at radius 2 is 1.80 bits per heavy atom. The number of benzene rings is 1. The molecule has 1 aromatic rings. The van der Waals surface area contributed by atoms with Crippen molar-refractivity contribution < 1.29 is 4.79 Å². The smallest absolute Gasteiger partial charge is 0.226 e. The van der Waals surface area contributed by atoms with Gasteiger partial charge in [-0.1, -0.05) is 30.3 Å². The number of carbonyl (C=O) groups excluding carboxylic acids is 1. The van der Waals surface area contributed by atoms with Crippen LogP contribution in [-0.4, -0.2) is 23.9 Å². The van der Waals surface area contributed by atoms with E-state index in [-0.39, 0.29) is 5.91 Å². The first-order chi connectivity index (χ1) is 7.36. The highest BCUT2D eigenvalue weighted by atomic mass is 16.2. The molecule has 1 radical (unpaired) electrons. The van der Waals surface area contributed by atoms with Crippen LogP contribution in [0.2, 0.25) is 0 Å². The molecule has 0 atom stereocenters. The monoisotopic (exact) mass is 202 g/mol. The van der Waals surface area contributed by atoms with Crippen molar-refractivity contribution in [2.24, 2.45) is 0 Å². The molecule has 0 bridgehead atoms. The predicted molar refractivity (Wildman–Crippen MR) is 60.3 cm³/mol. The van der Waals surface area contributed by atoms with Gasteiger partial charge in [0.1, 0.15) is 0 Å². The van der Waals surface area contributed by atoms with Crippen LogP contribution in [0.5, 0.6) is 0 Å². The Balaban J connectivity index is 1.91. The average molecular weight is 202 g/mol. The fraction of sp³-hybridized carbons (Fsp3) is 0.385. The third-order valence-electron chi connectivity index (χ3n) is 2.76. The molecule has 0 aromatic heterocycles. The molecule has 0 unspecified atom stereocenters. The second-order valence-electron chi connectivity index (χ2n) is 3.91. The standard InChI is InChI=1S/C13H16NO/c15-13(14-9-5-2-6-10-14)11-12-7-3-1-4-8-12/h1-4,7-8H,5-6,9-11H2. The van der Waals surface area contributed by atoms with E-state index in [9.17, 15) is 4.79 Å². The van der Waals surface area contributed by atoms with E-state index in [0.717, 1.165) is 31.5 Å². The molecule has 2 nitrogen and oxygen atoms in total. The molecule has 1 saturated heterocycles. The number of likely N-dealkylation sites (tertiary alicyclic amines) is 1. The Labute approximate surface area is 90.9 Å². The van der Waals surface area contributed by atoms with E-state index < -0.39 is 0 Å². The van der Waals surface area contributed by atoms with Crippen LogP contribution in [-0.2, 0) is 11.2 Å². The van der Waals surface area contributed by atoms with Crippen molar-refractivity contribution >= 4 is 5.91 Å². The highest BCUT2D eigenvalue weighted by molar-refractivity contribution is 5.78. The first kappa shape index (κ1) is 10.2. The summed E-state index contributed by atoms with van der Waals surface area (Å²) in [7, 11) is 0. The number of rotatable bonds is 2. The third-order valence-corrected chi connectivity index (χ3v) is 2.76. The Hall–Kier alpha value is -1.31. The lowest BCUT2D eigenvalue weighted by molar-refractivity contribution is -0.130. The molecule has 0 N–H and O–H groups in total. The van der Waals surface area contributed by atoms with Crippen LogP contribution in [0.3, 0.4) is 0 Å². The van der Waals surface area contributed by atoms with E-state index in [4.69, 9.17) is 0 Å². The summed E-state index contributed by atoms with van der Waals surface area (Å²) in [6, 6.07) is 9.95. The van der Waals surface area contributed by atoms with Gasteiger partial charge in [0, 0.05) is 13.1 Å². The minimum absolute atomic E-state index is 0.259. The molecule has 1 aliphatic heterocycles. The lowest BCUT2D eigenvalue weighted by Gasteiger charge is -2.26. The number of amides is 1. The van der Waals surface area contributed by atoms with E-state index in [1.54, 1.807) is 0 Å². The van der Waals surface area contributed by atoms with Gasteiger partial charge < -0.3 is 4.90 Å². The largest absolute Gasteiger partial charge is 0.342 e. The summed E-state index contributed by atoms with van der Waals surface area (Å²) in [6.45, 7) is 1.79. The Kier molecular flexibility index (Phi) is 3.38. The van der Waals surface area contributed by atoms with E-state index in [1.807, 2.05) is 35.2 Å². The molecule has 2 rings (SSSR count). The summed E-state index contributed by atoms with van der Waals surface area (Å²) in [5.74, 6) is 0.259. The predicted octanol–water partition coefficient (Wildman–Crippen LogP) is 2.06. The second kappa shape index (κ2) is 4.96. The van der Waals surface area contributed by atoms with Crippen molar-refractivity contribution in [3.05, 3.63) is 42.3 Å². The zero-order valence-electron chi connectivity index (χ0n) is 8.86. The molecule has 79 valence electrons. The fourth-order valence-electron chi connectivity index (χ4n) is 1.88. The Morgan fingerprint density at radius 3 is 2.47 bits per heavy atom. The van der Waals surface area contributed by atoms with Gasteiger partial charge in [-0.15, -0.1) is 0 Å². The van der Waals surface area contributed by atoms with Crippen molar-refractivity contribution in [3.8, 4) is 0 Å². The summed E-state index contributed by atoms with van der Waals surface area (Å²) in [6.07, 6.45) is 4.88. The molecule has 1 aliphatic rings. The zero-order valence-corrected chi connectivity index (χ0v) is 8.86. The van der Waals surface area contributed by atoms with Crippen molar-refractivity contribution in [3.63, 3.8) is 0 Å². The van der Waals surface area contributed by atoms with Crippen LogP contribution in [0, 0.1) is 6.42 Å². The molecule has 1 aromatic carbocycles. The van der Waals surface area contributed by atoms with Crippen LogP contribution in [0.15, 0.2) is 30.3 Å². The van der Waals surface area contributed by atoms with E-state index in [0.29, 0.717) is 6.42 Å². The molecular formula is C13H16NO. The number of nitrogens with zero attached hydrogens (tertiary/aromatic N) is 1. The molecule has 2 heteroatoms. The van der Waals surface area contributed by atoms with Crippen molar-refractivity contribution in [1.82, 2.24) is 4.90 Å². The van der Waals surface area contributed by atoms with Crippen LogP contribution in [0.1, 0.15) is 18.4 Å². The normalized spacial score (nSPS) is 16.4. The topological polar surface area (TPSA) is 20.3 Å². The fourth-order valence-corrected chi connectivity index (χ4v) is 1.88. The summed E-state index contributed by atoms with van der Waals surface area (Å²) < 4.78 is 0. The summed E-state index contributed by atoms with van der Waals surface area (Å²) in [4.78, 5) is 13.8. The SMILES string of the molecule is O=C(Cc1ccccc1)N1CC[CH]CC1. The first-order valence-corrected chi connectivity index (χ1v) is 5.49. The minimum Gasteiger partial charge on any atom is -0.342 e. The van der Waals surface area contributed by atoms with Gasteiger partial charge in [0.25, 0.3) is 0 Å². The van der Waals surface area contributed by atoms with Crippen LogP contribution >= 0.6 is 0 Å². The zero-order chi connectivity index (χ0) is 10.5. The maximum atomic E-state index is 11.9. The maximum Gasteiger partial charge on any atom is 0.226 e. The van der Waals surface area contributed by atoms with E-state index >= 15 is 0 Å². The van der Waals surface area contributed by atoms with Crippen molar-refractivity contribution in [2.45, 2.75) is 19.3 Å².